The summed E-state index contributed by atoms with van der Waals surface area (Å²) in [5.41, 5.74) is 1.28. The van der Waals surface area contributed by atoms with Gasteiger partial charge in [-0.3, -0.25) is 0 Å². The zero-order chi connectivity index (χ0) is 15.2. The number of esters is 1. The van der Waals surface area contributed by atoms with E-state index in [2.05, 4.69) is 10.3 Å². The van der Waals surface area contributed by atoms with E-state index in [0.29, 0.717) is 5.69 Å². The van der Waals surface area contributed by atoms with Crippen LogP contribution in [0.2, 0.25) is 0 Å². The Kier molecular flexibility index (Phi) is 5.30. The van der Waals surface area contributed by atoms with Crippen molar-refractivity contribution in [2.45, 2.75) is 25.5 Å². The lowest BCUT2D eigenvalue weighted by atomic mass is 10.1. The Morgan fingerprint density at radius 2 is 2.14 bits per heavy atom. The lowest BCUT2D eigenvalue weighted by Gasteiger charge is -2.12. The van der Waals surface area contributed by atoms with Crippen LogP contribution in [0, 0.1) is 0 Å². The average molecular weight is 310 g/mol. The van der Waals surface area contributed by atoms with Crippen molar-refractivity contribution >= 4 is 17.6 Å². The quantitative estimate of drug-likeness (QED) is 0.651. The predicted octanol–water partition coefficient (Wildman–Crippen LogP) is 1.93. The van der Waals surface area contributed by atoms with Crippen molar-refractivity contribution in [2.75, 3.05) is 6.61 Å². The Balaban J connectivity index is 2.19. The summed E-state index contributed by atoms with van der Waals surface area (Å²) >= 11 is 5.86. The molecule has 1 aromatic carbocycles. The van der Waals surface area contributed by atoms with E-state index in [4.69, 9.17) is 16.3 Å². The number of benzene rings is 1. The van der Waals surface area contributed by atoms with Crippen molar-refractivity contribution in [2.24, 2.45) is 0 Å². The second-order valence-electron chi connectivity index (χ2n) is 4.35. The van der Waals surface area contributed by atoms with Gasteiger partial charge in [-0.1, -0.05) is 35.5 Å². The van der Waals surface area contributed by atoms with Gasteiger partial charge < -0.3 is 9.84 Å². The SMILES string of the molecule is CCOC(=O)c1nnn(CC(O)c2ccccc2)c1CCl. The molecule has 2 aromatic rings. The van der Waals surface area contributed by atoms with Gasteiger partial charge in [-0.2, -0.15) is 0 Å². The number of halogens is 1. The molecule has 0 radical (unpaired) electrons. The summed E-state index contributed by atoms with van der Waals surface area (Å²) in [7, 11) is 0. The van der Waals surface area contributed by atoms with Crippen molar-refractivity contribution < 1.29 is 14.6 Å². The van der Waals surface area contributed by atoms with Gasteiger partial charge in [-0.05, 0) is 12.5 Å². The first-order valence-electron chi connectivity index (χ1n) is 6.55. The zero-order valence-electron chi connectivity index (χ0n) is 11.6. The number of hydrogen-bond donors (Lipinski definition) is 1. The highest BCUT2D eigenvalue weighted by Gasteiger charge is 2.21. The minimum absolute atomic E-state index is 0.0582. The van der Waals surface area contributed by atoms with Crippen molar-refractivity contribution in [3.8, 4) is 0 Å². The Hall–Kier alpha value is -1.92. The van der Waals surface area contributed by atoms with Crippen LogP contribution in [0.25, 0.3) is 0 Å². The molecule has 1 unspecified atom stereocenters. The molecule has 1 heterocycles. The average Bonchev–Trinajstić information content (AvgIpc) is 2.91. The van der Waals surface area contributed by atoms with E-state index in [9.17, 15) is 9.90 Å². The number of aliphatic hydroxyl groups excluding tert-OH is 1. The summed E-state index contributed by atoms with van der Waals surface area (Å²) in [5, 5.41) is 17.9. The smallest absolute Gasteiger partial charge is 0.360 e. The van der Waals surface area contributed by atoms with Crippen molar-refractivity contribution in [1.29, 1.82) is 0 Å². The number of aromatic nitrogens is 3. The summed E-state index contributed by atoms with van der Waals surface area (Å²) in [5.74, 6) is -0.503. The molecule has 112 valence electrons. The summed E-state index contributed by atoms with van der Waals surface area (Å²) < 4.78 is 6.32. The van der Waals surface area contributed by atoms with Crippen LogP contribution in [0.3, 0.4) is 0 Å². The molecule has 0 amide bonds. The van der Waals surface area contributed by atoms with E-state index in [-0.39, 0.29) is 24.7 Å². The molecular weight excluding hydrogens is 294 g/mol. The number of nitrogens with zero attached hydrogens (tertiary/aromatic N) is 3. The largest absolute Gasteiger partial charge is 0.461 e. The lowest BCUT2D eigenvalue weighted by molar-refractivity contribution is 0.0518. The standard InChI is InChI=1S/C14H16ClN3O3/c1-2-21-14(20)13-11(8-15)18(17-16-13)9-12(19)10-6-4-3-5-7-10/h3-7,12,19H,2,8-9H2,1H3. The molecular formula is C14H16ClN3O3. The molecule has 0 bridgehead atoms. The Labute approximate surface area is 127 Å². The van der Waals surface area contributed by atoms with Crippen LogP contribution in [-0.2, 0) is 17.2 Å². The summed E-state index contributed by atoms with van der Waals surface area (Å²) in [4.78, 5) is 11.7. The fourth-order valence-corrected chi connectivity index (χ4v) is 2.18. The lowest BCUT2D eigenvalue weighted by Crippen LogP contribution is -2.14. The molecule has 7 heteroatoms. The number of carbonyl (C=O) groups is 1. The van der Waals surface area contributed by atoms with Crippen molar-refractivity contribution in [1.82, 2.24) is 15.0 Å². The van der Waals surface area contributed by atoms with Crippen LogP contribution in [0.1, 0.15) is 34.8 Å². The third-order valence-electron chi connectivity index (χ3n) is 2.96. The number of alkyl halides is 1. The van der Waals surface area contributed by atoms with Crippen LogP contribution >= 0.6 is 11.6 Å². The highest BCUT2D eigenvalue weighted by Crippen LogP contribution is 2.17. The van der Waals surface area contributed by atoms with E-state index < -0.39 is 12.1 Å². The summed E-state index contributed by atoms with van der Waals surface area (Å²) in [6.07, 6.45) is -0.759. The van der Waals surface area contributed by atoms with Crippen LogP contribution in [0.15, 0.2) is 30.3 Å². The van der Waals surface area contributed by atoms with E-state index in [1.807, 2.05) is 30.3 Å². The second-order valence-corrected chi connectivity index (χ2v) is 4.61. The van der Waals surface area contributed by atoms with Gasteiger partial charge in [-0.25, -0.2) is 9.48 Å². The van der Waals surface area contributed by atoms with Crippen LogP contribution in [0.4, 0.5) is 0 Å². The fourth-order valence-electron chi connectivity index (χ4n) is 1.91. The number of aliphatic hydroxyl groups is 1. The topological polar surface area (TPSA) is 77.2 Å². The molecule has 0 saturated carbocycles. The van der Waals surface area contributed by atoms with Gasteiger partial charge in [0.05, 0.1) is 30.8 Å². The normalized spacial score (nSPS) is 12.1. The third-order valence-corrected chi connectivity index (χ3v) is 3.22. The number of hydrogen-bond acceptors (Lipinski definition) is 5. The fraction of sp³-hybridized carbons (Fsp3) is 0.357. The number of rotatable bonds is 6. The maximum atomic E-state index is 11.7. The van der Waals surface area contributed by atoms with E-state index >= 15 is 0 Å². The molecule has 0 aliphatic rings. The highest BCUT2D eigenvalue weighted by molar-refractivity contribution is 6.17. The maximum absolute atomic E-state index is 11.7. The minimum atomic E-state index is -0.759. The maximum Gasteiger partial charge on any atom is 0.360 e. The second kappa shape index (κ2) is 7.19. The Morgan fingerprint density at radius 3 is 2.76 bits per heavy atom. The molecule has 6 nitrogen and oxygen atoms in total. The van der Waals surface area contributed by atoms with Crippen LogP contribution in [0.5, 0.6) is 0 Å². The molecule has 2 rings (SSSR count). The zero-order valence-corrected chi connectivity index (χ0v) is 12.3. The van der Waals surface area contributed by atoms with Gasteiger partial charge >= 0.3 is 5.97 Å². The molecule has 1 atom stereocenters. The summed E-state index contributed by atoms with van der Waals surface area (Å²) in [6.45, 7) is 2.13. The van der Waals surface area contributed by atoms with E-state index in [0.717, 1.165) is 5.56 Å². The van der Waals surface area contributed by atoms with Crippen molar-refractivity contribution in [3.63, 3.8) is 0 Å². The van der Waals surface area contributed by atoms with Crippen LogP contribution < -0.4 is 0 Å². The van der Waals surface area contributed by atoms with E-state index in [1.165, 1.54) is 4.68 Å². The van der Waals surface area contributed by atoms with Gasteiger partial charge in [-0.15, -0.1) is 16.7 Å². The van der Waals surface area contributed by atoms with Crippen molar-refractivity contribution in [3.05, 3.63) is 47.3 Å². The van der Waals surface area contributed by atoms with Gasteiger partial charge in [0.25, 0.3) is 0 Å². The molecule has 0 aliphatic heterocycles. The van der Waals surface area contributed by atoms with Gasteiger partial charge in [0.2, 0.25) is 0 Å². The predicted molar refractivity (Wildman–Crippen MR) is 76.9 cm³/mol. The van der Waals surface area contributed by atoms with E-state index in [1.54, 1.807) is 6.92 Å². The third kappa shape index (κ3) is 3.59. The molecule has 1 aromatic heterocycles. The Morgan fingerprint density at radius 1 is 1.43 bits per heavy atom. The summed E-state index contributed by atoms with van der Waals surface area (Å²) in [6, 6.07) is 9.18. The monoisotopic (exact) mass is 309 g/mol. The number of ether oxygens (including phenoxy) is 1. The molecule has 0 spiro atoms. The minimum Gasteiger partial charge on any atom is -0.461 e. The first-order chi connectivity index (χ1) is 10.2. The molecule has 0 aliphatic carbocycles. The van der Waals surface area contributed by atoms with Gasteiger partial charge in [0, 0.05) is 0 Å². The van der Waals surface area contributed by atoms with Crippen LogP contribution in [-0.4, -0.2) is 32.7 Å². The molecule has 21 heavy (non-hydrogen) atoms. The first-order valence-corrected chi connectivity index (χ1v) is 7.09. The molecule has 1 N–H and O–H groups in total. The van der Waals surface area contributed by atoms with Gasteiger partial charge in [0.1, 0.15) is 0 Å². The number of carbonyl (C=O) groups excluding carboxylic acids is 1. The van der Waals surface area contributed by atoms with Gasteiger partial charge in [0.15, 0.2) is 5.69 Å². The highest BCUT2D eigenvalue weighted by atomic mass is 35.5. The Bertz CT molecular complexity index is 601. The molecule has 0 fully saturated rings. The first kappa shape index (κ1) is 15.5. The molecule has 0 saturated heterocycles.